The fraction of sp³-hybridized carbons (Fsp3) is 0.182. The minimum atomic E-state index is -0.347. The molecule has 0 fully saturated rings. The summed E-state index contributed by atoms with van der Waals surface area (Å²) < 4.78 is 11.5. The van der Waals surface area contributed by atoms with Gasteiger partial charge in [0, 0.05) is 17.8 Å². The van der Waals surface area contributed by atoms with E-state index < -0.39 is 0 Å². The van der Waals surface area contributed by atoms with Crippen LogP contribution in [0.15, 0.2) is 30.5 Å². The molecule has 0 spiro atoms. The lowest BCUT2D eigenvalue weighted by atomic mass is 10.4. The van der Waals surface area contributed by atoms with Gasteiger partial charge in [0.15, 0.2) is 0 Å². The van der Waals surface area contributed by atoms with Crippen molar-refractivity contribution in [2.45, 2.75) is 0 Å². The molecule has 0 aromatic carbocycles. The lowest BCUT2D eigenvalue weighted by molar-refractivity contribution is 0.0593. The van der Waals surface area contributed by atoms with E-state index in [1.54, 1.807) is 29.8 Å². The maximum absolute atomic E-state index is 11.4. The molecule has 0 radical (unpaired) electrons. The molecule has 2 heterocycles. The number of rotatable bonds is 2. The first-order valence-corrected chi connectivity index (χ1v) is 4.49. The van der Waals surface area contributed by atoms with Crippen LogP contribution in [-0.2, 0) is 4.74 Å². The second-order valence-corrected chi connectivity index (χ2v) is 3.07. The zero-order valence-corrected chi connectivity index (χ0v) is 8.56. The Kier molecular flexibility index (Phi) is 2.33. The molecule has 0 saturated carbocycles. The quantitative estimate of drug-likeness (QED) is 0.701. The average Bonchev–Trinajstić information content (AvgIpc) is 2.70. The summed E-state index contributed by atoms with van der Waals surface area (Å²) in [6.07, 6.45) is 1.78. The van der Waals surface area contributed by atoms with Gasteiger partial charge >= 0.3 is 5.97 Å². The predicted octanol–water partition coefficient (Wildman–Crippen LogP) is 1.73. The third-order valence-electron chi connectivity index (χ3n) is 2.26. The fourth-order valence-electron chi connectivity index (χ4n) is 1.49. The molecule has 0 N–H and O–H groups in total. The number of carbonyl (C=O) groups is 1. The van der Waals surface area contributed by atoms with E-state index in [4.69, 9.17) is 4.74 Å². The van der Waals surface area contributed by atoms with Crippen molar-refractivity contribution in [1.29, 1.82) is 0 Å². The van der Waals surface area contributed by atoms with Crippen LogP contribution in [-0.4, -0.2) is 24.6 Å². The van der Waals surface area contributed by atoms with Crippen LogP contribution >= 0.6 is 0 Å². The summed E-state index contributed by atoms with van der Waals surface area (Å²) in [5.41, 5.74) is 1.41. The zero-order chi connectivity index (χ0) is 10.8. The topological polar surface area (TPSA) is 39.9 Å². The standard InChI is InChI=1S/C11H11NO3/c1-14-9-5-6-12-8(7-9)3-4-10(12)11(13)15-2/h3-7H,1-2H3. The van der Waals surface area contributed by atoms with Crippen LogP contribution in [0.4, 0.5) is 0 Å². The van der Waals surface area contributed by atoms with Gasteiger partial charge in [0.1, 0.15) is 11.4 Å². The molecule has 0 saturated heterocycles. The molecule has 0 aliphatic carbocycles. The van der Waals surface area contributed by atoms with Crippen LogP contribution in [0.5, 0.6) is 5.75 Å². The van der Waals surface area contributed by atoms with Crippen molar-refractivity contribution in [2.24, 2.45) is 0 Å². The van der Waals surface area contributed by atoms with Gasteiger partial charge in [-0.25, -0.2) is 4.79 Å². The first kappa shape index (κ1) is 9.58. The van der Waals surface area contributed by atoms with Gasteiger partial charge in [-0.2, -0.15) is 0 Å². The van der Waals surface area contributed by atoms with E-state index in [0.29, 0.717) is 5.69 Å². The molecule has 15 heavy (non-hydrogen) atoms. The summed E-state index contributed by atoms with van der Waals surface area (Å²) >= 11 is 0. The van der Waals surface area contributed by atoms with Crippen LogP contribution in [0.1, 0.15) is 10.5 Å². The van der Waals surface area contributed by atoms with E-state index in [-0.39, 0.29) is 5.97 Å². The highest BCUT2D eigenvalue weighted by Crippen LogP contribution is 2.17. The molecule has 2 aromatic heterocycles. The highest BCUT2D eigenvalue weighted by atomic mass is 16.5. The van der Waals surface area contributed by atoms with E-state index in [0.717, 1.165) is 11.3 Å². The molecule has 0 aliphatic rings. The number of carbonyl (C=O) groups excluding carboxylic acids is 1. The number of hydrogen-bond acceptors (Lipinski definition) is 3. The van der Waals surface area contributed by atoms with Gasteiger partial charge in [-0.05, 0) is 18.2 Å². The normalized spacial score (nSPS) is 10.3. The molecule has 2 rings (SSSR count). The van der Waals surface area contributed by atoms with Crippen LogP contribution in [0.2, 0.25) is 0 Å². The van der Waals surface area contributed by atoms with Crippen LogP contribution in [0.3, 0.4) is 0 Å². The maximum Gasteiger partial charge on any atom is 0.355 e. The molecule has 78 valence electrons. The van der Waals surface area contributed by atoms with Gasteiger partial charge in [-0.1, -0.05) is 0 Å². The molecule has 0 atom stereocenters. The summed E-state index contributed by atoms with van der Waals surface area (Å²) in [4.78, 5) is 11.4. The molecular formula is C11H11NO3. The van der Waals surface area contributed by atoms with E-state index in [9.17, 15) is 4.79 Å². The van der Waals surface area contributed by atoms with Crippen molar-refractivity contribution >= 4 is 11.5 Å². The van der Waals surface area contributed by atoms with Crippen molar-refractivity contribution in [3.8, 4) is 5.75 Å². The Balaban J connectivity index is 2.57. The Morgan fingerprint density at radius 3 is 2.73 bits per heavy atom. The first-order valence-electron chi connectivity index (χ1n) is 4.49. The van der Waals surface area contributed by atoms with Crippen LogP contribution in [0, 0.1) is 0 Å². The van der Waals surface area contributed by atoms with E-state index >= 15 is 0 Å². The van der Waals surface area contributed by atoms with Crippen molar-refractivity contribution in [3.63, 3.8) is 0 Å². The second kappa shape index (κ2) is 3.65. The number of nitrogens with zero attached hydrogens (tertiary/aromatic N) is 1. The van der Waals surface area contributed by atoms with Crippen molar-refractivity contribution < 1.29 is 14.3 Å². The summed E-state index contributed by atoms with van der Waals surface area (Å²) in [7, 11) is 2.97. The number of esters is 1. The molecule has 0 bridgehead atoms. The van der Waals surface area contributed by atoms with Gasteiger partial charge in [-0.15, -0.1) is 0 Å². The Bertz CT molecular complexity index is 502. The molecule has 0 unspecified atom stereocenters. The Hall–Kier alpha value is -1.97. The zero-order valence-electron chi connectivity index (χ0n) is 8.56. The molecule has 2 aromatic rings. The van der Waals surface area contributed by atoms with Crippen LogP contribution in [0.25, 0.3) is 5.52 Å². The summed E-state index contributed by atoms with van der Waals surface area (Å²) in [5, 5.41) is 0. The maximum atomic E-state index is 11.4. The van der Waals surface area contributed by atoms with Gasteiger partial charge in [0.05, 0.1) is 14.2 Å². The lowest BCUT2D eigenvalue weighted by Crippen LogP contribution is -2.04. The number of fused-ring (bicyclic) bond motifs is 1. The number of ether oxygens (including phenoxy) is 2. The SMILES string of the molecule is COC(=O)c1ccc2cc(OC)ccn12. The van der Waals surface area contributed by atoms with E-state index in [1.165, 1.54) is 7.11 Å². The predicted molar refractivity (Wildman–Crippen MR) is 55.3 cm³/mol. The van der Waals surface area contributed by atoms with E-state index in [2.05, 4.69) is 4.74 Å². The minimum Gasteiger partial charge on any atom is -0.497 e. The third-order valence-corrected chi connectivity index (χ3v) is 2.26. The first-order chi connectivity index (χ1) is 7.26. The smallest absolute Gasteiger partial charge is 0.355 e. The fourth-order valence-corrected chi connectivity index (χ4v) is 1.49. The number of methoxy groups -OCH3 is 2. The van der Waals surface area contributed by atoms with Crippen molar-refractivity contribution in [2.75, 3.05) is 14.2 Å². The summed E-state index contributed by atoms with van der Waals surface area (Å²) in [6, 6.07) is 7.21. The molecule has 4 nitrogen and oxygen atoms in total. The number of hydrogen-bond donors (Lipinski definition) is 0. The average molecular weight is 205 g/mol. The number of aromatic nitrogens is 1. The largest absolute Gasteiger partial charge is 0.497 e. The highest BCUT2D eigenvalue weighted by Gasteiger charge is 2.10. The van der Waals surface area contributed by atoms with E-state index in [1.807, 2.05) is 12.1 Å². The van der Waals surface area contributed by atoms with Gasteiger partial charge < -0.3 is 13.9 Å². The summed E-state index contributed by atoms with van der Waals surface area (Å²) in [5.74, 6) is 0.414. The Morgan fingerprint density at radius 2 is 2.07 bits per heavy atom. The third kappa shape index (κ3) is 1.54. The Morgan fingerprint density at radius 1 is 1.27 bits per heavy atom. The second-order valence-electron chi connectivity index (χ2n) is 3.07. The molecule has 0 aliphatic heterocycles. The Labute approximate surface area is 87.0 Å². The van der Waals surface area contributed by atoms with Gasteiger partial charge in [0.25, 0.3) is 0 Å². The number of pyridine rings is 1. The van der Waals surface area contributed by atoms with Gasteiger partial charge in [0.2, 0.25) is 0 Å². The lowest BCUT2D eigenvalue weighted by Gasteiger charge is -2.03. The molecular weight excluding hydrogens is 194 g/mol. The minimum absolute atomic E-state index is 0.347. The highest BCUT2D eigenvalue weighted by molar-refractivity contribution is 5.89. The van der Waals surface area contributed by atoms with Crippen molar-refractivity contribution in [1.82, 2.24) is 4.40 Å². The van der Waals surface area contributed by atoms with Crippen LogP contribution < -0.4 is 4.74 Å². The summed E-state index contributed by atoms with van der Waals surface area (Å²) in [6.45, 7) is 0. The molecule has 4 heteroatoms. The molecule has 0 amide bonds. The van der Waals surface area contributed by atoms with Crippen molar-refractivity contribution in [3.05, 3.63) is 36.2 Å². The van der Waals surface area contributed by atoms with Gasteiger partial charge in [-0.3, -0.25) is 0 Å². The monoisotopic (exact) mass is 205 g/mol.